The first-order chi connectivity index (χ1) is 15.0. The normalized spacial score (nSPS) is 11.6. The molecule has 0 atom stereocenters. The number of alkyl halides is 1. The number of ether oxygens (including phenoxy) is 3. The number of halogens is 2. The largest absolute Gasteiger partial charge is 0.497 e. The third-order valence-electron chi connectivity index (χ3n) is 3.84. The van der Waals surface area contributed by atoms with Gasteiger partial charge in [0.25, 0.3) is 0 Å². The van der Waals surface area contributed by atoms with Crippen LogP contribution in [0.5, 0.6) is 11.5 Å². The molecule has 1 amide bonds. The molecule has 0 radical (unpaired) electrons. The minimum absolute atomic E-state index is 0.00380. The highest BCUT2D eigenvalue weighted by Crippen LogP contribution is 2.30. The van der Waals surface area contributed by atoms with E-state index in [0.29, 0.717) is 11.3 Å². The summed E-state index contributed by atoms with van der Waals surface area (Å²) in [5.74, 6) is -0.831. The molecule has 2 aromatic rings. The number of nitrogens with zero attached hydrogens (tertiary/aromatic N) is 3. The molecular weight excluding hydrogens is 428 g/mol. The van der Waals surface area contributed by atoms with Crippen LogP contribution < -0.4 is 9.47 Å². The Labute approximate surface area is 182 Å². The topological polar surface area (TPSA) is 93.3 Å². The van der Waals surface area contributed by atoms with Crippen molar-refractivity contribution < 1.29 is 27.8 Å². The number of aliphatic imine (C=N–C) groups is 2. The third-order valence-corrected chi connectivity index (χ3v) is 4.51. The van der Waals surface area contributed by atoms with E-state index in [2.05, 4.69) is 14.7 Å². The van der Waals surface area contributed by atoms with Crippen LogP contribution in [-0.4, -0.2) is 50.6 Å². The zero-order chi connectivity index (χ0) is 22.8. The minimum Gasteiger partial charge on any atom is -0.497 e. The highest BCUT2D eigenvalue weighted by molar-refractivity contribution is 8.15. The van der Waals surface area contributed by atoms with Crippen molar-refractivity contribution in [2.45, 2.75) is 0 Å². The van der Waals surface area contributed by atoms with Crippen molar-refractivity contribution in [2.75, 3.05) is 33.8 Å². The molecule has 0 N–H and O–H groups in total. The highest BCUT2D eigenvalue weighted by atomic mass is 32.2. The Morgan fingerprint density at radius 3 is 2.48 bits per heavy atom. The molecule has 0 aliphatic rings. The summed E-state index contributed by atoms with van der Waals surface area (Å²) in [6.07, 6.45) is 0.739. The number of benzene rings is 2. The van der Waals surface area contributed by atoms with E-state index >= 15 is 4.39 Å². The van der Waals surface area contributed by atoms with Crippen molar-refractivity contribution in [3.05, 3.63) is 53.3 Å². The lowest BCUT2D eigenvalue weighted by molar-refractivity contribution is 0.183. The Morgan fingerprint density at radius 2 is 1.94 bits per heavy atom. The number of methoxy groups -OCH3 is 2. The summed E-state index contributed by atoms with van der Waals surface area (Å²) in [6.45, 7) is -1.16. The number of carbonyl (C=O) groups is 1. The molecule has 10 heteroatoms. The lowest BCUT2D eigenvalue weighted by atomic mass is 10.1. The van der Waals surface area contributed by atoms with Gasteiger partial charge in [-0.3, -0.25) is 0 Å². The van der Waals surface area contributed by atoms with Crippen LogP contribution in [0.1, 0.15) is 11.1 Å². The fourth-order valence-corrected chi connectivity index (χ4v) is 2.92. The van der Waals surface area contributed by atoms with Gasteiger partial charge in [0.05, 0.1) is 31.5 Å². The SMILES string of the molecule is COC(=O)/N=C(SC)/C(=N/c1ccc(C#N)cc1)c1cc(OC)cc(OCCF)c1F. The summed E-state index contributed by atoms with van der Waals surface area (Å²) >= 11 is 1.05. The second-order valence-electron chi connectivity index (χ2n) is 5.73. The van der Waals surface area contributed by atoms with Crippen LogP contribution in [0.15, 0.2) is 46.4 Å². The van der Waals surface area contributed by atoms with E-state index in [0.717, 1.165) is 18.9 Å². The van der Waals surface area contributed by atoms with E-state index in [-0.39, 0.29) is 34.4 Å². The molecule has 31 heavy (non-hydrogen) atoms. The van der Waals surface area contributed by atoms with E-state index in [1.54, 1.807) is 30.5 Å². The summed E-state index contributed by atoms with van der Waals surface area (Å²) in [6, 6.07) is 10.9. The maximum absolute atomic E-state index is 15.3. The van der Waals surface area contributed by atoms with Gasteiger partial charge in [-0.1, -0.05) is 0 Å². The monoisotopic (exact) mass is 447 g/mol. The lowest BCUT2D eigenvalue weighted by Gasteiger charge is -2.14. The molecule has 0 bridgehead atoms. The quantitative estimate of drug-likeness (QED) is 0.451. The maximum atomic E-state index is 15.3. The number of amides is 1. The van der Waals surface area contributed by atoms with Gasteiger partial charge >= 0.3 is 6.09 Å². The first-order valence-electron chi connectivity index (χ1n) is 8.83. The first kappa shape index (κ1) is 23.8. The van der Waals surface area contributed by atoms with E-state index in [9.17, 15) is 9.18 Å². The van der Waals surface area contributed by atoms with Crippen LogP contribution in [0.4, 0.5) is 19.3 Å². The molecule has 2 aromatic carbocycles. The highest BCUT2D eigenvalue weighted by Gasteiger charge is 2.22. The van der Waals surface area contributed by atoms with E-state index < -0.39 is 18.6 Å². The average Bonchev–Trinajstić information content (AvgIpc) is 2.80. The van der Waals surface area contributed by atoms with Gasteiger partial charge in [-0.05, 0) is 36.6 Å². The second-order valence-corrected chi connectivity index (χ2v) is 6.53. The Morgan fingerprint density at radius 1 is 1.23 bits per heavy atom. The number of nitriles is 1. The van der Waals surface area contributed by atoms with Gasteiger partial charge in [0.15, 0.2) is 11.6 Å². The lowest BCUT2D eigenvalue weighted by Crippen LogP contribution is -2.17. The van der Waals surface area contributed by atoms with Gasteiger partial charge in [0, 0.05) is 11.6 Å². The molecule has 0 aliphatic carbocycles. The Hall–Kier alpha value is -3.45. The number of rotatable bonds is 7. The van der Waals surface area contributed by atoms with Gasteiger partial charge in [0.2, 0.25) is 0 Å². The molecule has 0 saturated heterocycles. The molecule has 0 saturated carbocycles. The van der Waals surface area contributed by atoms with E-state index in [1.165, 1.54) is 19.2 Å². The Kier molecular flexibility index (Phi) is 8.96. The summed E-state index contributed by atoms with van der Waals surface area (Å²) < 4.78 is 42.8. The molecule has 7 nitrogen and oxygen atoms in total. The zero-order valence-corrected chi connectivity index (χ0v) is 17.8. The molecule has 162 valence electrons. The summed E-state index contributed by atoms with van der Waals surface area (Å²) in [4.78, 5) is 20.0. The van der Waals surface area contributed by atoms with Gasteiger partial charge in [0.1, 0.15) is 29.8 Å². The summed E-state index contributed by atoms with van der Waals surface area (Å²) in [5.41, 5.74) is 0.732. The smallest absolute Gasteiger partial charge is 0.434 e. The summed E-state index contributed by atoms with van der Waals surface area (Å²) in [7, 11) is 2.54. The van der Waals surface area contributed by atoms with Gasteiger partial charge in [-0.15, -0.1) is 11.8 Å². The molecule has 0 fully saturated rings. The predicted octanol–water partition coefficient (Wildman–Crippen LogP) is 4.70. The van der Waals surface area contributed by atoms with Crippen LogP contribution in [0.3, 0.4) is 0 Å². The third kappa shape index (κ3) is 6.26. The van der Waals surface area contributed by atoms with Crippen molar-refractivity contribution >= 4 is 34.3 Å². The number of hydrogen-bond acceptors (Lipinski definition) is 7. The second kappa shape index (κ2) is 11.7. The molecule has 0 heterocycles. The fourth-order valence-electron chi connectivity index (χ4n) is 2.40. The molecule has 0 spiro atoms. The maximum Gasteiger partial charge on any atom is 0.434 e. The Bertz CT molecular complexity index is 1030. The molecule has 0 aromatic heterocycles. The predicted molar refractivity (Wildman–Crippen MR) is 115 cm³/mol. The molecule has 0 aliphatic heterocycles. The van der Waals surface area contributed by atoms with Gasteiger partial charge < -0.3 is 14.2 Å². The van der Waals surface area contributed by atoms with Crippen molar-refractivity contribution in [2.24, 2.45) is 9.98 Å². The molecule has 2 rings (SSSR count). The van der Waals surface area contributed by atoms with Crippen LogP contribution in [-0.2, 0) is 4.74 Å². The van der Waals surface area contributed by atoms with Crippen molar-refractivity contribution in [3.8, 4) is 17.6 Å². The number of carbonyl (C=O) groups excluding carboxylic acids is 1. The van der Waals surface area contributed by atoms with Crippen molar-refractivity contribution in [3.63, 3.8) is 0 Å². The van der Waals surface area contributed by atoms with E-state index in [1.807, 2.05) is 6.07 Å². The zero-order valence-electron chi connectivity index (χ0n) is 17.0. The number of thioether (sulfide) groups is 1. The van der Waals surface area contributed by atoms with Crippen molar-refractivity contribution in [1.82, 2.24) is 0 Å². The Balaban J connectivity index is 2.74. The van der Waals surface area contributed by atoms with Crippen molar-refractivity contribution in [1.29, 1.82) is 5.26 Å². The summed E-state index contributed by atoms with van der Waals surface area (Å²) in [5, 5.41) is 9.04. The average molecular weight is 447 g/mol. The van der Waals surface area contributed by atoms with Crippen LogP contribution in [0, 0.1) is 17.1 Å². The minimum atomic E-state index is -0.894. The first-order valence-corrected chi connectivity index (χ1v) is 10.1. The van der Waals surface area contributed by atoms with Gasteiger partial charge in [-0.2, -0.15) is 10.3 Å². The standard InChI is InChI=1S/C21H19F2N3O4S/c1-28-15-10-16(18(23)17(11-15)30-9-8-22)19(20(31-3)26-21(27)29-2)25-14-6-4-13(12-24)5-7-14/h4-7,10-11H,8-9H2,1-3H3/b25-19+,26-20-. The van der Waals surface area contributed by atoms with Crippen LogP contribution in [0.25, 0.3) is 0 Å². The van der Waals surface area contributed by atoms with Gasteiger partial charge in [-0.25, -0.2) is 18.6 Å². The fraction of sp³-hybridized carbons (Fsp3) is 0.238. The molecular formula is C21H19F2N3O4S. The number of hydrogen-bond donors (Lipinski definition) is 0. The molecule has 0 unspecified atom stereocenters. The van der Waals surface area contributed by atoms with Crippen LogP contribution in [0.2, 0.25) is 0 Å². The van der Waals surface area contributed by atoms with Crippen LogP contribution >= 0.6 is 11.8 Å². The van der Waals surface area contributed by atoms with E-state index in [4.69, 9.17) is 14.7 Å².